The van der Waals surface area contributed by atoms with Gasteiger partial charge in [0.2, 0.25) is 5.82 Å². The van der Waals surface area contributed by atoms with E-state index in [-0.39, 0.29) is 28.3 Å². The van der Waals surface area contributed by atoms with Crippen molar-refractivity contribution in [2.75, 3.05) is 20.1 Å². The Balaban J connectivity index is 1.77. The van der Waals surface area contributed by atoms with Gasteiger partial charge in [0, 0.05) is 48.0 Å². The van der Waals surface area contributed by atoms with Crippen molar-refractivity contribution in [2.24, 2.45) is 0 Å². The molecule has 0 aliphatic carbocycles. The number of phenolic OH excluding ortho intramolecular Hbond substituents is 1. The van der Waals surface area contributed by atoms with E-state index in [2.05, 4.69) is 20.2 Å². The fraction of sp³-hybridized carbons (Fsp3) is 0.286. The number of nitriles is 1. The molecule has 0 radical (unpaired) electrons. The van der Waals surface area contributed by atoms with E-state index >= 15 is 0 Å². The number of aromatic nitrogens is 3. The largest absolute Gasteiger partial charge is 0.508 e. The van der Waals surface area contributed by atoms with Crippen LogP contribution in [0.4, 0.5) is 4.39 Å². The summed E-state index contributed by atoms with van der Waals surface area (Å²) in [4.78, 5) is 25.0. The highest BCUT2D eigenvalue weighted by Crippen LogP contribution is 2.31. The van der Waals surface area contributed by atoms with Crippen molar-refractivity contribution in [1.29, 1.82) is 5.26 Å². The third-order valence-corrected chi connectivity index (χ3v) is 6.93. The average Bonchev–Trinajstić information content (AvgIpc) is 3.35. The first-order valence-electron chi connectivity index (χ1n) is 12.3. The Bertz CT molecular complexity index is 1600. The van der Waals surface area contributed by atoms with Crippen LogP contribution in [0, 0.1) is 24.1 Å². The van der Waals surface area contributed by atoms with Crippen LogP contribution in [-0.2, 0) is 6.54 Å². The van der Waals surface area contributed by atoms with Crippen LogP contribution in [0.25, 0.3) is 27.8 Å². The van der Waals surface area contributed by atoms with E-state index < -0.39 is 11.4 Å². The van der Waals surface area contributed by atoms with Gasteiger partial charge in [-0.1, -0.05) is 17.7 Å². The standard InChI is InChI=1S/C28H26ClFN6O2/c1-16-6-17(8-18(29)7-16)23-13-33-27-26(24(23)15-35(2)14-20-4-3-5-32-20)28(38)36(25(12-31)34-27)21-9-19(30)10-22(37)11-21/h6-11,13,20,32,37H,3-5,14-15H2,1-2H3/t20-/m0/s1. The second-order valence-corrected chi connectivity index (χ2v) is 10.1. The summed E-state index contributed by atoms with van der Waals surface area (Å²) in [6.45, 7) is 4.09. The fourth-order valence-corrected chi connectivity index (χ4v) is 5.43. The van der Waals surface area contributed by atoms with E-state index in [1.165, 1.54) is 6.07 Å². The van der Waals surface area contributed by atoms with Crippen molar-refractivity contribution < 1.29 is 9.50 Å². The summed E-state index contributed by atoms with van der Waals surface area (Å²) in [6.07, 6.45) is 3.84. The van der Waals surface area contributed by atoms with E-state index in [0.717, 1.165) is 53.8 Å². The molecule has 0 spiro atoms. The summed E-state index contributed by atoms with van der Waals surface area (Å²) in [6, 6.07) is 11.1. The first kappa shape index (κ1) is 25.8. The van der Waals surface area contributed by atoms with Gasteiger partial charge in [-0.3, -0.25) is 9.36 Å². The molecule has 5 rings (SSSR count). The molecule has 1 aliphatic rings. The molecular formula is C28H26ClFN6O2. The molecule has 10 heteroatoms. The van der Waals surface area contributed by atoms with Gasteiger partial charge in [-0.05, 0) is 68.2 Å². The van der Waals surface area contributed by atoms with E-state index in [4.69, 9.17) is 11.6 Å². The van der Waals surface area contributed by atoms with E-state index in [9.17, 15) is 19.6 Å². The van der Waals surface area contributed by atoms with Gasteiger partial charge in [0.15, 0.2) is 5.65 Å². The monoisotopic (exact) mass is 532 g/mol. The zero-order valence-electron chi connectivity index (χ0n) is 21.0. The van der Waals surface area contributed by atoms with Crippen LogP contribution in [0.5, 0.6) is 5.75 Å². The van der Waals surface area contributed by atoms with E-state index in [1.54, 1.807) is 6.20 Å². The number of hydrogen-bond acceptors (Lipinski definition) is 7. The van der Waals surface area contributed by atoms with Gasteiger partial charge >= 0.3 is 0 Å². The van der Waals surface area contributed by atoms with Crippen LogP contribution in [0.2, 0.25) is 5.02 Å². The van der Waals surface area contributed by atoms with Gasteiger partial charge in [-0.2, -0.15) is 10.2 Å². The minimum absolute atomic E-state index is 0.00286. The van der Waals surface area contributed by atoms with Crippen LogP contribution < -0.4 is 10.9 Å². The minimum Gasteiger partial charge on any atom is -0.508 e. The fourth-order valence-electron chi connectivity index (χ4n) is 5.14. The van der Waals surface area contributed by atoms with Gasteiger partial charge in [0.1, 0.15) is 17.6 Å². The molecule has 194 valence electrons. The molecule has 0 saturated carbocycles. The number of phenols is 1. The maximum Gasteiger partial charge on any atom is 0.268 e. The first-order chi connectivity index (χ1) is 18.2. The van der Waals surface area contributed by atoms with Gasteiger partial charge in [0.25, 0.3) is 5.56 Å². The molecule has 4 aromatic rings. The number of fused-ring (bicyclic) bond motifs is 1. The SMILES string of the molecule is Cc1cc(Cl)cc(-c2cnc3nc(C#N)n(-c4cc(O)cc(F)c4)c(=O)c3c2CN(C)C[C@@H]2CCCN2)c1. The zero-order valence-corrected chi connectivity index (χ0v) is 21.8. The lowest BCUT2D eigenvalue weighted by atomic mass is 9.97. The van der Waals surface area contributed by atoms with Gasteiger partial charge in [0.05, 0.1) is 11.1 Å². The highest BCUT2D eigenvalue weighted by atomic mass is 35.5. The Labute approximate surface area is 224 Å². The predicted molar refractivity (Wildman–Crippen MR) is 144 cm³/mol. The third-order valence-electron chi connectivity index (χ3n) is 6.71. The number of pyridine rings is 1. The van der Waals surface area contributed by atoms with Crippen LogP contribution in [0.1, 0.15) is 29.8 Å². The Kier molecular flexibility index (Phi) is 7.13. The molecular weight excluding hydrogens is 507 g/mol. The summed E-state index contributed by atoms with van der Waals surface area (Å²) in [5.41, 5.74) is 2.68. The van der Waals surface area contributed by atoms with Crippen molar-refractivity contribution in [1.82, 2.24) is 24.8 Å². The number of hydrogen-bond donors (Lipinski definition) is 2. The smallest absolute Gasteiger partial charge is 0.268 e. The topological polar surface area (TPSA) is 107 Å². The average molecular weight is 533 g/mol. The molecule has 8 nitrogen and oxygen atoms in total. The second kappa shape index (κ2) is 10.5. The number of nitrogens with zero attached hydrogens (tertiary/aromatic N) is 5. The molecule has 38 heavy (non-hydrogen) atoms. The Morgan fingerprint density at radius 2 is 2.11 bits per heavy atom. The van der Waals surface area contributed by atoms with E-state index in [1.807, 2.05) is 38.2 Å². The molecule has 1 atom stereocenters. The number of rotatable bonds is 6. The number of halogens is 2. The lowest BCUT2D eigenvalue weighted by Gasteiger charge is -2.23. The predicted octanol–water partition coefficient (Wildman–Crippen LogP) is 4.31. The molecule has 2 aromatic carbocycles. The summed E-state index contributed by atoms with van der Waals surface area (Å²) in [5, 5.41) is 24.0. The molecule has 0 unspecified atom stereocenters. The second-order valence-electron chi connectivity index (χ2n) is 9.71. The maximum absolute atomic E-state index is 14.2. The van der Waals surface area contributed by atoms with Gasteiger partial charge in [-0.15, -0.1) is 0 Å². The lowest BCUT2D eigenvalue weighted by Crippen LogP contribution is -2.35. The molecule has 3 heterocycles. The highest BCUT2D eigenvalue weighted by molar-refractivity contribution is 6.31. The Morgan fingerprint density at radius 1 is 1.29 bits per heavy atom. The molecule has 1 fully saturated rings. The highest BCUT2D eigenvalue weighted by Gasteiger charge is 2.23. The van der Waals surface area contributed by atoms with Crippen molar-refractivity contribution in [3.05, 3.63) is 80.7 Å². The molecule has 2 aromatic heterocycles. The molecule has 1 saturated heterocycles. The zero-order chi connectivity index (χ0) is 27.0. The van der Waals surface area contributed by atoms with Gasteiger partial charge < -0.3 is 15.3 Å². The van der Waals surface area contributed by atoms with Crippen LogP contribution in [0.3, 0.4) is 0 Å². The molecule has 1 aliphatic heterocycles. The summed E-state index contributed by atoms with van der Waals surface area (Å²) < 4.78 is 15.2. The number of likely N-dealkylation sites (N-methyl/N-ethyl adjacent to an activating group) is 1. The van der Waals surface area contributed by atoms with Crippen molar-refractivity contribution in [3.8, 4) is 28.6 Å². The summed E-state index contributed by atoms with van der Waals surface area (Å²) in [7, 11) is 1.99. The number of benzene rings is 2. The quantitative estimate of drug-likeness (QED) is 0.381. The van der Waals surface area contributed by atoms with Crippen LogP contribution in [-0.4, -0.2) is 50.7 Å². The van der Waals surface area contributed by atoms with Gasteiger partial charge in [-0.25, -0.2) is 9.37 Å². The number of nitrogens with one attached hydrogen (secondary N) is 1. The van der Waals surface area contributed by atoms with Crippen molar-refractivity contribution in [3.63, 3.8) is 0 Å². The molecule has 2 N–H and O–H groups in total. The first-order valence-corrected chi connectivity index (χ1v) is 12.7. The normalized spacial score (nSPS) is 15.3. The Hall–Kier alpha value is -3.84. The number of aryl methyl sites for hydroxylation is 1. The summed E-state index contributed by atoms with van der Waals surface area (Å²) >= 11 is 6.38. The van der Waals surface area contributed by atoms with E-state index in [0.29, 0.717) is 28.7 Å². The molecule has 0 bridgehead atoms. The summed E-state index contributed by atoms with van der Waals surface area (Å²) in [5.74, 6) is -1.39. The van der Waals surface area contributed by atoms with Crippen LogP contribution >= 0.6 is 11.6 Å². The molecule has 0 amide bonds. The van der Waals surface area contributed by atoms with Crippen LogP contribution in [0.15, 0.2) is 47.4 Å². The lowest BCUT2D eigenvalue weighted by molar-refractivity contribution is 0.294. The van der Waals surface area contributed by atoms with Crippen molar-refractivity contribution >= 4 is 22.6 Å². The minimum atomic E-state index is -0.749. The maximum atomic E-state index is 14.2. The number of aromatic hydroxyl groups is 1. The van der Waals surface area contributed by atoms with Crippen molar-refractivity contribution in [2.45, 2.75) is 32.4 Å². The third kappa shape index (κ3) is 5.11. The Morgan fingerprint density at radius 3 is 2.79 bits per heavy atom.